The zero-order valence-electron chi connectivity index (χ0n) is 14.5. The summed E-state index contributed by atoms with van der Waals surface area (Å²) in [6, 6.07) is 4.80. The van der Waals surface area contributed by atoms with Crippen LogP contribution in [0.3, 0.4) is 0 Å². The van der Waals surface area contributed by atoms with Crippen molar-refractivity contribution in [3.63, 3.8) is 0 Å². The number of ether oxygens (including phenoxy) is 1. The highest BCUT2D eigenvalue weighted by Crippen LogP contribution is 2.29. The van der Waals surface area contributed by atoms with E-state index in [9.17, 15) is 4.39 Å². The van der Waals surface area contributed by atoms with E-state index in [-0.39, 0.29) is 23.7 Å². The Hall–Kier alpha value is -2.71. The van der Waals surface area contributed by atoms with Crippen molar-refractivity contribution in [1.82, 2.24) is 25.1 Å². The van der Waals surface area contributed by atoms with Gasteiger partial charge in [0.1, 0.15) is 18.2 Å². The number of morpholine rings is 1. The molecule has 2 atom stereocenters. The van der Waals surface area contributed by atoms with Crippen molar-refractivity contribution in [2.45, 2.75) is 19.1 Å². The van der Waals surface area contributed by atoms with E-state index in [1.165, 1.54) is 12.4 Å². The molecule has 8 heteroatoms. The van der Waals surface area contributed by atoms with Gasteiger partial charge < -0.3 is 14.1 Å². The van der Waals surface area contributed by atoms with Crippen LogP contribution < -0.4 is 0 Å². The zero-order valence-corrected chi connectivity index (χ0v) is 14.5. The molecule has 0 N–H and O–H groups in total. The van der Waals surface area contributed by atoms with Gasteiger partial charge in [-0.25, -0.2) is 14.4 Å². The lowest BCUT2D eigenvalue weighted by molar-refractivity contribution is -0.0821. The summed E-state index contributed by atoms with van der Waals surface area (Å²) in [6.45, 7) is 3.49. The molecule has 7 nitrogen and oxygen atoms in total. The standard InChI is InChI=1S/C18H18FN5O2/c1-11-8-24(2)9-16(25-11)18-23-22-17(26-18)14-4-3-12(5-15(14)19)13-6-20-10-21-7-13/h3-7,10-11,16H,8-9H2,1-2H3/t11-,16-/m1/s1. The van der Waals surface area contributed by atoms with Crippen LogP contribution in [0.25, 0.3) is 22.6 Å². The maximum absolute atomic E-state index is 14.6. The van der Waals surface area contributed by atoms with Gasteiger partial charge in [-0.05, 0) is 31.7 Å². The van der Waals surface area contributed by atoms with Gasteiger partial charge in [-0.15, -0.1) is 10.2 Å². The minimum Gasteiger partial charge on any atom is -0.418 e. The van der Waals surface area contributed by atoms with Gasteiger partial charge in [-0.3, -0.25) is 0 Å². The van der Waals surface area contributed by atoms with Crippen LogP contribution >= 0.6 is 0 Å². The van der Waals surface area contributed by atoms with Crippen LogP contribution in [0, 0.1) is 5.82 Å². The summed E-state index contributed by atoms with van der Waals surface area (Å²) in [6.07, 6.45) is 4.45. The number of likely N-dealkylation sites (N-methyl/N-ethyl adjacent to an activating group) is 1. The molecule has 0 saturated carbocycles. The van der Waals surface area contributed by atoms with Gasteiger partial charge in [0.15, 0.2) is 0 Å². The van der Waals surface area contributed by atoms with E-state index in [4.69, 9.17) is 9.15 Å². The molecule has 1 aliphatic heterocycles. The van der Waals surface area contributed by atoms with Crippen molar-refractivity contribution in [3.8, 4) is 22.6 Å². The first-order chi connectivity index (χ1) is 12.6. The summed E-state index contributed by atoms with van der Waals surface area (Å²) >= 11 is 0. The Morgan fingerprint density at radius 2 is 1.92 bits per heavy atom. The first-order valence-electron chi connectivity index (χ1n) is 8.33. The molecular formula is C18H18FN5O2. The molecule has 0 spiro atoms. The molecule has 0 unspecified atom stereocenters. The third-order valence-corrected chi connectivity index (χ3v) is 4.25. The third kappa shape index (κ3) is 3.33. The summed E-state index contributed by atoms with van der Waals surface area (Å²) in [5.74, 6) is 0.0489. The van der Waals surface area contributed by atoms with Gasteiger partial charge in [0.2, 0.25) is 5.89 Å². The van der Waals surface area contributed by atoms with Crippen molar-refractivity contribution in [3.05, 3.63) is 48.6 Å². The lowest BCUT2D eigenvalue weighted by Crippen LogP contribution is -2.40. The second kappa shape index (κ2) is 6.89. The fourth-order valence-electron chi connectivity index (χ4n) is 3.09. The summed E-state index contributed by atoms with van der Waals surface area (Å²) < 4.78 is 26.1. The van der Waals surface area contributed by atoms with Crippen LogP contribution in [0.1, 0.15) is 18.9 Å². The predicted molar refractivity (Wildman–Crippen MR) is 91.5 cm³/mol. The molecule has 2 aromatic heterocycles. The fraction of sp³-hybridized carbons (Fsp3) is 0.333. The maximum Gasteiger partial charge on any atom is 0.250 e. The molecule has 0 radical (unpaired) electrons. The molecule has 0 amide bonds. The predicted octanol–water partition coefficient (Wildman–Crippen LogP) is 2.72. The van der Waals surface area contributed by atoms with Crippen molar-refractivity contribution in [2.24, 2.45) is 0 Å². The Bertz CT molecular complexity index is 892. The number of nitrogens with zero attached hydrogens (tertiary/aromatic N) is 5. The molecule has 1 saturated heterocycles. The average molecular weight is 355 g/mol. The molecule has 4 rings (SSSR count). The van der Waals surface area contributed by atoms with E-state index in [1.54, 1.807) is 24.5 Å². The Morgan fingerprint density at radius 1 is 1.12 bits per heavy atom. The Balaban J connectivity index is 1.60. The summed E-state index contributed by atoms with van der Waals surface area (Å²) in [4.78, 5) is 10.0. The van der Waals surface area contributed by atoms with Crippen LogP contribution in [0.15, 0.2) is 41.3 Å². The minimum atomic E-state index is -0.448. The molecule has 1 aromatic carbocycles. The first kappa shape index (κ1) is 16.7. The number of aromatic nitrogens is 4. The lowest BCUT2D eigenvalue weighted by Gasteiger charge is -2.32. The lowest BCUT2D eigenvalue weighted by atomic mass is 10.1. The largest absolute Gasteiger partial charge is 0.418 e. The summed E-state index contributed by atoms with van der Waals surface area (Å²) in [7, 11) is 2.01. The number of benzene rings is 1. The fourth-order valence-corrected chi connectivity index (χ4v) is 3.09. The summed E-state index contributed by atoms with van der Waals surface area (Å²) in [5, 5.41) is 8.05. The van der Waals surface area contributed by atoms with Gasteiger partial charge in [0.05, 0.1) is 11.7 Å². The number of hydrogen-bond acceptors (Lipinski definition) is 7. The highest BCUT2D eigenvalue weighted by molar-refractivity contribution is 5.66. The van der Waals surface area contributed by atoms with E-state index >= 15 is 0 Å². The monoisotopic (exact) mass is 355 g/mol. The second-order valence-electron chi connectivity index (χ2n) is 6.42. The van der Waals surface area contributed by atoms with Gasteiger partial charge in [0, 0.05) is 31.0 Å². The SMILES string of the molecule is C[C@@H]1CN(C)C[C@H](c2nnc(-c3ccc(-c4cncnc4)cc3F)o2)O1. The van der Waals surface area contributed by atoms with Crippen LogP contribution in [0.2, 0.25) is 0 Å². The number of hydrogen-bond donors (Lipinski definition) is 0. The van der Waals surface area contributed by atoms with Gasteiger partial charge in [0.25, 0.3) is 5.89 Å². The quantitative estimate of drug-likeness (QED) is 0.715. The molecule has 134 valence electrons. The van der Waals surface area contributed by atoms with Gasteiger partial charge in [-0.1, -0.05) is 6.07 Å². The molecule has 0 aliphatic carbocycles. The topological polar surface area (TPSA) is 77.2 Å². The normalized spacial score (nSPS) is 21.0. The molecule has 3 aromatic rings. The van der Waals surface area contributed by atoms with E-state index in [0.717, 1.165) is 12.1 Å². The average Bonchev–Trinajstić information content (AvgIpc) is 3.11. The highest BCUT2D eigenvalue weighted by atomic mass is 19.1. The molecule has 26 heavy (non-hydrogen) atoms. The highest BCUT2D eigenvalue weighted by Gasteiger charge is 2.29. The van der Waals surface area contributed by atoms with Crippen molar-refractivity contribution >= 4 is 0 Å². The number of halogens is 1. The van der Waals surface area contributed by atoms with E-state index in [0.29, 0.717) is 18.0 Å². The molecule has 1 aliphatic rings. The number of rotatable bonds is 3. The second-order valence-corrected chi connectivity index (χ2v) is 6.42. The Kier molecular flexibility index (Phi) is 4.44. The minimum absolute atomic E-state index is 0.0678. The zero-order chi connectivity index (χ0) is 18.1. The van der Waals surface area contributed by atoms with Crippen molar-refractivity contribution < 1.29 is 13.5 Å². The first-order valence-corrected chi connectivity index (χ1v) is 8.33. The van der Waals surface area contributed by atoms with Gasteiger partial charge >= 0.3 is 0 Å². The van der Waals surface area contributed by atoms with Crippen molar-refractivity contribution in [1.29, 1.82) is 0 Å². The Labute approximate surface area is 149 Å². The van der Waals surface area contributed by atoms with Crippen molar-refractivity contribution in [2.75, 3.05) is 20.1 Å². The molecular weight excluding hydrogens is 337 g/mol. The molecule has 0 bridgehead atoms. The van der Waals surface area contributed by atoms with E-state index in [2.05, 4.69) is 25.1 Å². The third-order valence-electron chi connectivity index (χ3n) is 4.25. The van der Waals surface area contributed by atoms with E-state index < -0.39 is 5.82 Å². The summed E-state index contributed by atoms with van der Waals surface area (Å²) in [5.41, 5.74) is 1.66. The smallest absolute Gasteiger partial charge is 0.250 e. The van der Waals surface area contributed by atoms with Crippen LogP contribution in [-0.4, -0.2) is 51.3 Å². The van der Waals surface area contributed by atoms with E-state index in [1.807, 2.05) is 14.0 Å². The van der Waals surface area contributed by atoms with Crippen LogP contribution in [-0.2, 0) is 4.74 Å². The van der Waals surface area contributed by atoms with Crippen LogP contribution in [0.4, 0.5) is 4.39 Å². The Morgan fingerprint density at radius 3 is 2.65 bits per heavy atom. The maximum atomic E-state index is 14.6. The molecule has 1 fully saturated rings. The van der Waals surface area contributed by atoms with Gasteiger partial charge in [-0.2, -0.15) is 0 Å². The van der Waals surface area contributed by atoms with Crippen LogP contribution in [0.5, 0.6) is 0 Å². The molecule has 3 heterocycles.